The summed E-state index contributed by atoms with van der Waals surface area (Å²) in [6.07, 6.45) is 0. The van der Waals surface area contributed by atoms with E-state index in [1.807, 2.05) is 13.8 Å². The van der Waals surface area contributed by atoms with Crippen molar-refractivity contribution in [2.24, 2.45) is 0 Å². The molecule has 0 bridgehead atoms. The minimum Gasteiger partial charge on any atom is -0.0683 e. The highest BCUT2D eigenvalue weighted by Gasteiger charge is 2.01. The molecule has 0 amide bonds. The summed E-state index contributed by atoms with van der Waals surface area (Å²) in [5.74, 6) is 0. The van der Waals surface area contributed by atoms with Gasteiger partial charge in [0.25, 0.3) is 0 Å². The lowest BCUT2D eigenvalue weighted by molar-refractivity contribution is 1.50. The third-order valence-electron chi connectivity index (χ3n) is 3.83. The van der Waals surface area contributed by atoms with E-state index in [-0.39, 0.29) is 0 Å². The van der Waals surface area contributed by atoms with Gasteiger partial charge >= 0.3 is 0 Å². The van der Waals surface area contributed by atoms with E-state index in [9.17, 15) is 0 Å². The SMILES string of the molecule is CC.c1ccc2cc(-c3ccc4ccccc4c3)ccc2c1. The summed E-state index contributed by atoms with van der Waals surface area (Å²) in [4.78, 5) is 0. The molecule has 4 aromatic rings. The molecule has 0 unspecified atom stereocenters. The van der Waals surface area contributed by atoms with Gasteiger partial charge in [-0.15, -0.1) is 0 Å². The van der Waals surface area contributed by atoms with E-state index in [1.165, 1.54) is 32.7 Å². The molecular weight excluding hydrogens is 264 g/mol. The van der Waals surface area contributed by atoms with E-state index in [1.54, 1.807) is 0 Å². The molecule has 0 heterocycles. The van der Waals surface area contributed by atoms with E-state index in [2.05, 4.69) is 84.9 Å². The van der Waals surface area contributed by atoms with Crippen LogP contribution < -0.4 is 0 Å². The van der Waals surface area contributed by atoms with Gasteiger partial charge in [-0.2, -0.15) is 0 Å². The molecular formula is C22H20. The Morgan fingerprint density at radius 3 is 1.18 bits per heavy atom. The Bertz CT molecular complexity index is 826. The molecule has 0 spiro atoms. The van der Waals surface area contributed by atoms with Crippen LogP contribution in [0.1, 0.15) is 13.8 Å². The molecule has 0 heteroatoms. The van der Waals surface area contributed by atoms with Gasteiger partial charge < -0.3 is 0 Å². The topological polar surface area (TPSA) is 0 Å². The first kappa shape index (κ1) is 14.3. The van der Waals surface area contributed by atoms with Gasteiger partial charge in [-0.3, -0.25) is 0 Å². The average molecular weight is 284 g/mol. The summed E-state index contributed by atoms with van der Waals surface area (Å²) in [6.45, 7) is 4.00. The van der Waals surface area contributed by atoms with Crippen LogP contribution in [0.5, 0.6) is 0 Å². The van der Waals surface area contributed by atoms with Crippen LogP contribution in [0.2, 0.25) is 0 Å². The molecule has 0 aliphatic carbocycles. The molecule has 22 heavy (non-hydrogen) atoms. The van der Waals surface area contributed by atoms with Crippen LogP contribution >= 0.6 is 0 Å². The van der Waals surface area contributed by atoms with Gasteiger partial charge in [0.15, 0.2) is 0 Å². The van der Waals surface area contributed by atoms with Crippen LogP contribution in [-0.2, 0) is 0 Å². The monoisotopic (exact) mass is 284 g/mol. The van der Waals surface area contributed by atoms with Crippen molar-refractivity contribution in [3.8, 4) is 11.1 Å². The number of fused-ring (bicyclic) bond motifs is 2. The number of rotatable bonds is 1. The fourth-order valence-corrected chi connectivity index (χ4v) is 2.74. The lowest BCUT2D eigenvalue weighted by atomic mass is 9.99. The fraction of sp³-hybridized carbons (Fsp3) is 0.0909. The highest BCUT2D eigenvalue weighted by molar-refractivity contribution is 5.91. The molecule has 0 aromatic heterocycles. The number of hydrogen-bond acceptors (Lipinski definition) is 0. The quantitative estimate of drug-likeness (QED) is 0.365. The van der Waals surface area contributed by atoms with Gasteiger partial charge in [-0.25, -0.2) is 0 Å². The largest absolute Gasteiger partial charge is 0.0683 e. The Labute approximate surface area is 132 Å². The van der Waals surface area contributed by atoms with E-state index < -0.39 is 0 Å². The first-order valence-electron chi connectivity index (χ1n) is 7.88. The lowest BCUT2D eigenvalue weighted by Crippen LogP contribution is -1.80. The molecule has 0 N–H and O–H groups in total. The second-order valence-corrected chi connectivity index (χ2v) is 5.12. The average Bonchev–Trinajstić information content (AvgIpc) is 2.62. The Morgan fingerprint density at radius 1 is 0.409 bits per heavy atom. The van der Waals surface area contributed by atoms with Gasteiger partial charge in [0.05, 0.1) is 0 Å². The summed E-state index contributed by atoms with van der Waals surface area (Å²) < 4.78 is 0. The Hall–Kier alpha value is -2.60. The van der Waals surface area contributed by atoms with Gasteiger partial charge in [0.2, 0.25) is 0 Å². The van der Waals surface area contributed by atoms with Crippen LogP contribution in [0.3, 0.4) is 0 Å². The van der Waals surface area contributed by atoms with E-state index in [0.29, 0.717) is 0 Å². The Kier molecular flexibility index (Phi) is 4.20. The van der Waals surface area contributed by atoms with Crippen LogP contribution in [0.15, 0.2) is 84.9 Å². The van der Waals surface area contributed by atoms with E-state index in [0.717, 1.165) is 0 Å². The second kappa shape index (κ2) is 6.44. The molecule has 4 rings (SSSR count). The van der Waals surface area contributed by atoms with Crippen LogP contribution in [0, 0.1) is 0 Å². The minimum absolute atomic E-state index is 1.27. The van der Waals surface area contributed by atoms with Crippen LogP contribution in [-0.4, -0.2) is 0 Å². The third-order valence-corrected chi connectivity index (χ3v) is 3.83. The van der Waals surface area contributed by atoms with Gasteiger partial charge in [0.1, 0.15) is 0 Å². The maximum absolute atomic E-state index is 2.26. The van der Waals surface area contributed by atoms with Crippen molar-refractivity contribution >= 4 is 21.5 Å². The Morgan fingerprint density at radius 2 is 0.773 bits per heavy atom. The molecule has 0 nitrogen and oxygen atoms in total. The van der Waals surface area contributed by atoms with E-state index in [4.69, 9.17) is 0 Å². The molecule has 0 atom stereocenters. The van der Waals surface area contributed by atoms with Crippen LogP contribution in [0.25, 0.3) is 32.7 Å². The predicted octanol–water partition coefficient (Wildman–Crippen LogP) is 6.69. The van der Waals surface area contributed by atoms with Gasteiger partial charge in [-0.1, -0.05) is 86.6 Å². The summed E-state index contributed by atoms with van der Waals surface area (Å²) in [7, 11) is 0. The van der Waals surface area contributed by atoms with Crippen molar-refractivity contribution in [3.63, 3.8) is 0 Å². The predicted molar refractivity (Wildman–Crippen MR) is 98.2 cm³/mol. The molecule has 108 valence electrons. The third kappa shape index (κ3) is 2.73. The zero-order valence-corrected chi connectivity index (χ0v) is 13.1. The van der Waals surface area contributed by atoms with Gasteiger partial charge in [-0.05, 0) is 44.8 Å². The first-order valence-corrected chi connectivity index (χ1v) is 7.88. The summed E-state index contributed by atoms with van der Waals surface area (Å²) >= 11 is 0. The standard InChI is InChI=1S/C20H14.C2H6/c1-3-7-17-13-19(11-9-15(17)5-1)20-12-10-16-6-2-4-8-18(16)14-20;1-2/h1-14H;1-2H3. The maximum Gasteiger partial charge on any atom is -0.0177 e. The van der Waals surface area contributed by atoms with E-state index >= 15 is 0 Å². The van der Waals surface area contributed by atoms with Crippen molar-refractivity contribution in [1.29, 1.82) is 0 Å². The minimum atomic E-state index is 1.27. The van der Waals surface area contributed by atoms with Crippen LogP contribution in [0.4, 0.5) is 0 Å². The molecule has 0 saturated heterocycles. The maximum atomic E-state index is 2.26. The highest BCUT2D eigenvalue weighted by Crippen LogP contribution is 2.27. The highest BCUT2D eigenvalue weighted by atomic mass is 14.1. The number of hydrogen-bond donors (Lipinski definition) is 0. The van der Waals surface area contributed by atoms with Crippen molar-refractivity contribution in [2.75, 3.05) is 0 Å². The van der Waals surface area contributed by atoms with Crippen molar-refractivity contribution in [1.82, 2.24) is 0 Å². The summed E-state index contributed by atoms with van der Waals surface area (Å²) in [5, 5.41) is 5.16. The Balaban J connectivity index is 0.000000693. The molecule has 0 aliphatic rings. The molecule has 0 aliphatic heterocycles. The number of benzene rings is 4. The van der Waals surface area contributed by atoms with Crippen molar-refractivity contribution in [3.05, 3.63) is 84.9 Å². The molecule has 4 aromatic carbocycles. The summed E-state index contributed by atoms with van der Waals surface area (Å²) in [6, 6.07) is 30.3. The second-order valence-electron chi connectivity index (χ2n) is 5.12. The smallest absolute Gasteiger partial charge is 0.0177 e. The molecule has 0 saturated carbocycles. The zero-order chi connectivity index (χ0) is 15.4. The fourth-order valence-electron chi connectivity index (χ4n) is 2.74. The van der Waals surface area contributed by atoms with Gasteiger partial charge in [0, 0.05) is 0 Å². The normalized spacial score (nSPS) is 10.3. The molecule has 0 radical (unpaired) electrons. The first-order chi connectivity index (χ1) is 10.9. The van der Waals surface area contributed by atoms with Crippen molar-refractivity contribution in [2.45, 2.75) is 13.8 Å². The molecule has 0 fully saturated rings. The van der Waals surface area contributed by atoms with Crippen molar-refractivity contribution < 1.29 is 0 Å². The zero-order valence-electron chi connectivity index (χ0n) is 13.1. The lowest BCUT2D eigenvalue weighted by Gasteiger charge is -2.06. The summed E-state index contributed by atoms with van der Waals surface area (Å²) in [5.41, 5.74) is 2.55.